The molecule has 1 N–H and O–H groups in total. The molecule has 0 saturated carbocycles. The van der Waals surface area contributed by atoms with Gasteiger partial charge in [0.2, 0.25) is 13.6 Å². The fraction of sp³-hybridized carbons (Fsp3) is 0.263. The van der Waals surface area contributed by atoms with Crippen molar-refractivity contribution in [3.05, 3.63) is 35.9 Å². The normalized spacial score (nSPS) is 14.7. The number of hydrogen-bond acceptors (Lipinski definition) is 5. The average Bonchev–Trinajstić information content (AvgIpc) is 3.25. The van der Waals surface area contributed by atoms with Crippen LogP contribution in [0.15, 0.2) is 30.3 Å². The molecule has 5 nitrogen and oxygen atoms in total. The van der Waals surface area contributed by atoms with Crippen LogP contribution in [0.4, 0.5) is 0 Å². The molecule has 24 heavy (non-hydrogen) atoms. The highest BCUT2D eigenvalue weighted by Gasteiger charge is 2.23. The SMILES string of the molecule is CNCCc1cc2c(c3c1ccc1cc4c(cc13)OCO4)OCO2. The lowest BCUT2D eigenvalue weighted by Crippen LogP contribution is -2.10. The fourth-order valence-electron chi connectivity index (χ4n) is 3.52. The highest BCUT2D eigenvalue weighted by atomic mass is 16.7. The largest absolute Gasteiger partial charge is 0.454 e. The van der Waals surface area contributed by atoms with Gasteiger partial charge in [-0.3, -0.25) is 0 Å². The maximum atomic E-state index is 5.79. The van der Waals surface area contributed by atoms with E-state index in [9.17, 15) is 0 Å². The molecule has 0 fully saturated rings. The number of rotatable bonds is 3. The van der Waals surface area contributed by atoms with Gasteiger partial charge in [0.1, 0.15) is 0 Å². The Morgan fingerprint density at radius 1 is 0.875 bits per heavy atom. The topological polar surface area (TPSA) is 49.0 Å². The molecule has 2 aliphatic rings. The molecule has 0 unspecified atom stereocenters. The van der Waals surface area contributed by atoms with Gasteiger partial charge in [-0.1, -0.05) is 12.1 Å². The van der Waals surface area contributed by atoms with Gasteiger partial charge in [-0.25, -0.2) is 0 Å². The van der Waals surface area contributed by atoms with Gasteiger partial charge < -0.3 is 24.3 Å². The molecule has 0 amide bonds. The molecule has 5 heteroatoms. The van der Waals surface area contributed by atoms with Gasteiger partial charge in [-0.05, 0) is 59.9 Å². The smallest absolute Gasteiger partial charge is 0.231 e. The summed E-state index contributed by atoms with van der Waals surface area (Å²) in [4.78, 5) is 0. The molecular weight excluding hydrogens is 306 g/mol. The predicted octanol–water partition coefficient (Wildman–Crippen LogP) is 3.21. The van der Waals surface area contributed by atoms with E-state index in [-0.39, 0.29) is 13.6 Å². The number of fused-ring (bicyclic) bond motifs is 6. The number of likely N-dealkylation sites (N-methyl/N-ethyl adjacent to an activating group) is 1. The molecule has 3 aromatic rings. The van der Waals surface area contributed by atoms with Crippen LogP contribution in [0.25, 0.3) is 21.5 Å². The van der Waals surface area contributed by atoms with Gasteiger partial charge in [0.05, 0.1) is 0 Å². The Morgan fingerprint density at radius 2 is 1.67 bits per heavy atom. The van der Waals surface area contributed by atoms with Crippen LogP contribution < -0.4 is 24.3 Å². The summed E-state index contributed by atoms with van der Waals surface area (Å²) in [5, 5.41) is 7.70. The second kappa shape index (κ2) is 5.18. The van der Waals surface area contributed by atoms with Crippen LogP contribution in [0.2, 0.25) is 0 Å². The predicted molar refractivity (Wildman–Crippen MR) is 91.3 cm³/mol. The number of nitrogens with one attached hydrogen (secondary N) is 1. The lowest BCUT2D eigenvalue weighted by molar-refractivity contribution is 0.174. The van der Waals surface area contributed by atoms with E-state index in [4.69, 9.17) is 18.9 Å². The zero-order chi connectivity index (χ0) is 16.1. The summed E-state index contributed by atoms with van der Waals surface area (Å²) in [6, 6.07) is 10.5. The maximum absolute atomic E-state index is 5.79. The van der Waals surface area contributed by atoms with Crippen LogP contribution >= 0.6 is 0 Å². The summed E-state index contributed by atoms with van der Waals surface area (Å²) >= 11 is 0. The molecule has 3 aromatic carbocycles. The summed E-state index contributed by atoms with van der Waals surface area (Å²) in [7, 11) is 1.96. The molecule has 0 aromatic heterocycles. The minimum Gasteiger partial charge on any atom is -0.454 e. The van der Waals surface area contributed by atoms with E-state index in [2.05, 4.69) is 23.5 Å². The van der Waals surface area contributed by atoms with Crippen LogP contribution in [0.3, 0.4) is 0 Å². The lowest BCUT2D eigenvalue weighted by Gasteiger charge is -2.12. The minimum absolute atomic E-state index is 0.265. The number of benzene rings is 3. The Balaban J connectivity index is 1.85. The molecule has 122 valence electrons. The van der Waals surface area contributed by atoms with E-state index < -0.39 is 0 Å². The van der Waals surface area contributed by atoms with Gasteiger partial charge in [0.15, 0.2) is 23.0 Å². The zero-order valence-corrected chi connectivity index (χ0v) is 13.3. The standard InChI is InChI=1S/C19H17NO4/c1-20-5-4-12-7-17-19(24-10-23-17)18-13(12)3-2-11-6-15-16(8-14(11)18)22-9-21-15/h2-3,6-8,20H,4-5,9-10H2,1H3. The van der Waals surface area contributed by atoms with Crippen molar-refractivity contribution in [2.75, 3.05) is 27.2 Å². The Morgan fingerprint density at radius 3 is 2.54 bits per heavy atom. The molecule has 5 rings (SSSR count). The third kappa shape index (κ3) is 1.91. The third-order valence-electron chi connectivity index (χ3n) is 4.68. The second-order valence-corrected chi connectivity index (χ2v) is 6.04. The van der Waals surface area contributed by atoms with Crippen LogP contribution in [0.1, 0.15) is 5.56 Å². The molecule has 0 atom stereocenters. The van der Waals surface area contributed by atoms with E-state index >= 15 is 0 Å². The van der Waals surface area contributed by atoms with Gasteiger partial charge >= 0.3 is 0 Å². The number of hydrogen-bond donors (Lipinski definition) is 1. The van der Waals surface area contributed by atoms with Crippen molar-refractivity contribution in [2.45, 2.75) is 6.42 Å². The first kappa shape index (κ1) is 13.7. The summed E-state index contributed by atoms with van der Waals surface area (Å²) in [5.74, 6) is 3.21. The Kier molecular flexibility index (Phi) is 2.97. The minimum atomic E-state index is 0.265. The Hall–Kier alpha value is -2.66. The third-order valence-corrected chi connectivity index (χ3v) is 4.68. The van der Waals surface area contributed by atoms with Crippen LogP contribution in [-0.2, 0) is 6.42 Å². The Labute approximate surface area is 139 Å². The molecule has 0 saturated heterocycles. The molecule has 2 aliphatic heterocycles. The second-order valence-electron chi connectivity index (χ2n) is 6.04. The summed E-state index contributed by atoms with van der Waals surface area (Å²) < 4.78 is 22.5. The molecule has 0 radical (unpaired) electrons. The highest BCUT2D eigenvalue weighted by Crippen LogP contribution is 2.47. The first-order chi connectivity index (χ1) is 11.8. The van der Waals surface area contributed by atoms with Gasteiger partial charge in [-0.2, -0.15) is 0 Å². The number of ether oxygens (including phenoxy) is 4. The van der Waals surface area contributed by atoms with Crippen LogP contribution in [0.5, 0.6) is 23.0 Å². The fourth-order valence-corrected chi connectivity index (χ4v) is 3.52. The van der Waals surface area contributed by atoms with E-state index in [1.807, 2.05) is 19.2 Å². The van der Waals surface area contributed by atoms with E-state index in [1.54, 1.807) is 0 Å². The average molecular weight is 323 g/mol. The molecule has 2 heterocycles. The van der Waals surface area contributed by atoms with Crippen molar-refractivity contribution in [1.29, 1.82) is 0 Å². The highest BCUT2D eigenvalue weighted by molar-refractivity contribution is 6.13. The van der Waals surface area contributed by atoms with Crippen molar-refractivity contribution in [2.24, 2.45) is 0 Å². The van der Waals surface area contributed by atoms with Gasteiger partial charge in [0, 0.05) is 5.39 Å². The zero-order valence-electron chi connectivity index (χ0n) is 13.3. The van der Waals surface area contributed by atoms with Crippen LogP contribution in [-0.4, -0.2) is 27.2 Å². The Bertz CT molecular complexity index is 967. The van der Waals surface area contributed by atoms with E-state index in [0.717, 1.165) is 52.1 Å². The van der Waals surface area contributed by atoms with Crippen molar-refractivity contribution in [3.63, 3.8) is 0 Å². The van der Waals surface area contributed by atoms with Crippen LogP contribution in [0, 0.1) is 0 Å². The summed E-state index contributed by atoms with van der Waals surface area (Å²) in [6.07, 6.45) is 0.930. The molecule has 0 bridgehead atoms. The quantitative estimate of drug-likeness (QED) is 0.750. The summed E-state index contributed by atoms with van der Waals surface area (Å²) in [5.41, 5.74) is 1.25. The molecule has 0 spiro atoms. The molecule has 0 aliphatic carbocycles. The maximum Gasteiger partial charge on any atom is 0.231 e. The first-order valence-electron chi connectivity index (χ1n) is 8.07. The van der Waals surface area contributed by atoms with E-state index in [0.29, 0.717) is 0 Å². The summed E-state index contributed by atoms with van der Waals surface area (Å²) in [6.45, 7) is 1.45. The van der Waals surface area contributed by atoms with Crippen molar-refractivity contribution < 1.29 is 18.9 Å². The van der Waals surface area contributed by atoms with Crippen molar-refractivity contribution in [3.8, 4) is 23.0 Å². The van der Waals surface area contributed by atoms with Crippen molar-refractivity contribution >= 4 is 21.5 Å². The van der Waals surface area contributed by atoms with Gasteiger partial charge in [0.25, 0.3) is 0 Å². The first-order valence-corrected chi connectivity index (χ1v) is 8.07. The van der Waals surface area contributed by atoms with Gasteiger partial charge in [-0.15, -0.1) is 0 Å². The monoisotopic (exact) mass is 323 g/mol. The lowest BCUT2D eigenvalue weighted by atomic mass is 9.95. The molecular formula is C19H17NO4. The van der Waals surface area contributed by atoms with Crippen molar-refractivity contribution in [1.82, 2.24) is 5.32 Å². The van der Waals surface area contributed by atoms with E-state index in [1.165, 1.54) is 10.9 Å².